The molecule has 8 nitrogen and oxygen atoms in total. The Balaban J connectivity index is 1.55. The van der Waals surface area contributed by atoms with Gasteiger partial charge in [-0.3, -0.25) is 9.59 Å². The molecule has 0 fully saturated rings. The highest BCUT2D eigenvalue weighted by atomic mass is 35.5. The van der Waals surface area contributed by atoms with Gasteiger partial charge in [0, 0.05) is 23.1 Å². The number of hydrogen-bond donors (Lipinski definition) is 2. The van der Waals surface area contributed by atoms with Crippen LogP contribution >= 0.6 is 11.6 Å². The van der Waals surface area contributed by atoms with Crippen LogP contribution in [0, 0.1) is 5.82 Å². The molecule has 3 N–H and O–H groups in total. The lowest BCUT2D eigenvalue weighted by molar-refractivity contribution is 0.0992. The molecule has 3 aromatic carbocycles. The number of aryl methyl sites for hydroxylation is 1. The first-order valence-electron chi connectivity index (χ1n) is 11.1. The first-order valence-corrected chi connectivity index (χ1v) is 13.4. The van der Waals surface area contributed by atoms with E-state index >= 15 is 0 Å². The predicted octanol–water partition coefficient (Wildman–Crippen LogP) is 4.19. The number of rotatable bonds is 5. The van der Waals surface area contributed by atoms with Crippen LogP contribution in [-0.4, -0.2) is 36.3 Å². The number of anilines is 1. The number of halogens is 2. The summed E-state index contributed by atoms with van der Waals surface area (Å²) in [6, 6.07) is 15.0. The fraction of sp³-hybridized carbons (Fsp3) is 0.115. The lowest BCUT2D eigenvalue weighted by Gasteiger charge is -2.20. The van der Waals surface area contributed by atoms with Gasteiger partial charge in [0.1, 0.15) is 5.82 Å². The average Bonchev–Trinajstić information content (AvgIpc) is 3.24. The number of sulfone groups is 1. The van der Waals surface area contributed by atoms with Gasteiger partial charge in [0.25, 0.3) is 11.8 Å². The minimum absolute atomic E-state index is 0.00107. The normalized spacial score (nSPS) is 12.5. The third-order valence-electron chi connectivity index (χ3n) is 6.17. The van der Waals surface area contributed by atoms with Crippen molar-refractivity contribution < 1.29 is 22.4 Å². The molecule has 4 aromatic rings. The minimum Gasteiger partial charge on any atom is -0.364 e. The van der Waals surface area contributed by atoms with Crippen LogP contribution in [0.4, 0.5) is 10.1 Å². The standard InChI is InChI=1S/C26H20ClFN4O4S/c1-37(35,36)18-9-11-19(22(27)13-18)26(34)30-16-6-2-14-3-10-20-23(25(29)33)31-32(24(20)21(14)12-16)17-7-4-15(28)5-8-17/h2,4-9,11-13H,3,10H2,1H3,(H2,29,33)(H,30,34). The molecule has 0 spiro atoms. The molecule has 11 heteroatoms. The van der Waals surface area contributed by atoms with Crippen LogP contribution in [0.15, 0.2) is 65.6 Å². The average molecular weight is 539 g/mol. The molecule has 0 saturated carbocycles. The fourth-order valence-electron chi connectivity index (χ4n) is 4.39. The van der Waals surface area contributed by atoms with Gasteiger partial charge >= 0.3 is 0 Å². The molecule has 1 aliphatic carbocycles. The summed E-state index contributed by atoms with van der Waals surface area (Å²) in [7, 11) is -3.48. The molecule has 0 aliphatic heterocycles. The molecule has 1 heterocycles. The number of amides is 2. The second kappa shape index (κ2) is 9.13. The molecule has 0 unspecified atom stereocenters. The number of carbonyl (C=O) groups is 2. The van der Waals surface area contributed by atoms with Crippen LogP contribution in [0.25, 0.3) is 16.9 Å². The van der Waals surface area contributed by atoms with Gasteiger partial charge < -0.3 is 11.1 Å². The first kappa shape index (κ1) is 24.7. The van der Waals surface area contributed by atoms with E-state index in [4.69, 9.17) is 17.3 Å². The molecular weight excluding hydrogens is 519 g/mol. The number of hydrogen-bond acceptors (Lipinski definition) is 5. The largest absolute Gasteiger partial charge is 0.364 e. The van der Waals surface area contributed by atoms with Crippen LogP contribution in [0.1, 0.15) is 32.0 Å². The van der Waals surface area contributed by atoms with Gasteiger partial charge in [-0.15, -0.1) is 0 Å². The first-order chi connectivity index (χ1) is 17.5. The third-order valence-corrected chi connectivity index (χ3v) is 7.59. The zero-order valence-corrected chi connectivity index (χ0v) is 21.0. The third kappa shape index (κ3) is 4.61. The molecule has 0 atom stereocenters. The van der Waals surface area contributed by atoms with E-state index < -0.39 is 27.5 Å². The maximum absolute atomic E-state index is 13.6. The van der Waals surface area contributed by atoms with E-state index in [9.17, 15) is 22.4 Å². The Morgan fingerprint density at radius 1 is 1.05 bits per heavy atom. The predicted molar refractivity (Wildman–Crippen MR) is 137 cm³/mol. The number of fused-ring (bicyclic) bond motifs is 3. The van der Waals surface area contributed by atoms with E-state index in [1.54, 1.807) is 28.9 Å². The Morgan fingerprint density at radius 3 is 2.43 bits per heavy atom. The fourth-order valence-corrected chi connectivity index (χ4v) is 5.37. The summed E-state index contributed by atoms with van der Waals surface area (Å²) in [5.74, 6) is -1.60. The summed E-state index contributed by atoms with van der Waals surface area (Å²) in [5, 5.41) is 7.23. The van der Waals surface area contributed by atoms with E-state index in [-0.39, 0.29) is 21.2 Å². The van der Waals surface area contributed by atoms with Crippen molar-refractivity contribution in [1.82, 2.24) is 9.78 Å². The lowest BCUT2D eigenvalue weighted by atomic mass is 9.88. The van der Waals surface area contributed by atoms with Crippen LogP contribution in [0.5, 0.6) is 0 Å². The van der Waals surface area contributed by atoms with Gasteiger partial charge in [0.15, 0.2) is 15.5 Å². The summed E-state index contributed by atoms with van der Waals surface area (Å²) in [6.07, 6.45) is 2.22. The smallest absolute Gasteiger partial charge is 0.269 e. The van der Waals surface area contributed by atoms with E-state index in [0.29, 0.717) is 35.5 Å². The Hall–Kier alpha value is -4.02. The highest BCUT2D eigenvalue weighted by Gasteiger charge is 2.28. The van der Waals surface area contributed by atoms with Gasteiger partial charge in [0.05, 0.1) is 26.9 Å². The molecule has 1 aliphatic rings. The minimum atomic E-state index is -3.48. The highest BCUT2D eigenvalue weighted by molar-refractivity contribution is 7.90. The number of nitrogens with zero attached hydrogens (tertiary/aromatic N) is 2. The molecule has 37 heavy (non-hydrogen) atoms. The Morgan fingerprint density at radius 2 is 1.78 bits per heavy atom. The van der Waals surface area contributed by atoms with E-state index in [1.165, 1.54) is 30.3 Å². The van der Waals surface area contributed by atoms with Crippen molar-refractivity contribution >= 4 is 38.9 Å². The Labute approximate surface area is 216 Å². The molecule has 0 radical (unpaired) electrons. The number of benzene rings is 3. The van der Waals surface area contributed by atoms with Gasteiger partial charge in [-0.1, -0.05) is 17.7 Å². The summed E-state index contributed by atoms with van der Waals surface area (Å²) >= 11 is 6.20. The molecule has 2 amide bonds. The highest BCUT2D eigenvalue weighted by Crippen LogP contribution is 2.38. The zero-order chi connectivity index (χ0) is 26.5. The molecule has 0 bridgehead atoms. The molecule has 188 valence electrons. The van der Waals surface area contributed by atoms with E-state index in [2.05, 4.69) is 10.4 Å². The van der Waals surface area contributed by atoms with Crippen LogP contribution in [0.2, 0.25) is 5.02 Å². The van der Waals surface area contributed by atoms with Crippen LogP contribution in [0.3, 0.4) is 0 Å². The van der Waals surface area contributed by atoms with Crippen molar-refractivity contribution in [3.05, 3.63) is 93.9 Å². The van der Waals surface area contributed by atoms with Crippen LogP contribution in [-0.2, 0) is 22.7 Å². The monoisotopic (exact) mass is 538 g/mol. The summed E-state index contributed by atoms with van der Waals surface area (Å²) in [6.45, 7) is 0. The second-order valence-electron chi connectivity index (χ2n) is 8.67. The van der Waals surface area contributed by atoms with Gasteiger partial charge in [-0.05, 0) is 73.0 Å². The molecule has 0 saturated heterocycles. The van der Waals surface area contributed by atoms with Crippen molar-refractivity contribution in [1.29, 1.82) is 0 Å². The number of aromatic nitrogens is 2. The van der Waals surface area contributed by atoms with Crippen molar-refractivity contribution in [2.45, 2.75) is 17.7 Å². The number of primary amides is 1. The SMILES string of the molecule is CS(=O)(=O)c1ccc(C(=O)Nc2ccc3c(c2)-c2c(c(C(N)=O)nn2-c2ccc(F)cc2)CC3)c(Cl)c1. The number of carbonyl (C=O) groups excluding carboxylic acids is 2. The number of nitrogens with two attached hydrogens (primary N) is 1. The summed E-state index contributed by atoms with van der Waals surface area (Å²) in [4.78, 5) is 25.1. The zero-order valence-electron chi connectivity index (χ0n) is 19.5. The summed E-state index contributed by atoms with van der Waals surface area (Å²) < 4.78 is 38.7. The van der Waals surface area contributed by atoms with Crippen molar-refractivity contribution in [2.75, 3.05) is 11.6 Å². The summed E-state index contributed by atoms with van der Waals surface area (Å²) in [5.41, 5.74) is 9.86. The maximum Gasteiger partial charge on any atom is 0.269 e. The Bertz CT molecular complexity index is 1700. The van der Waals surface area contributed by atoms with Gasteiger partial charge in [0.2, 0.25) is 0 Å². The molecule has 1 aromatic heterocycles. The maximum atomic E-state index is 13.6. The van der Waals surface area contributed by atoms with Gasteiger partial charge in [-0.25, -0.2) is 17.5 Å². The topological polar surface area (TPSA) is 124 Å². The quantitative estimate of drug-likeness (QED) is 0.394. The lowest BCUT2D eigenvalue weighted by Crippen LogP contribution is -2.16. The second-order valence-corrected chi connectivity index (χ2v) is 11.1. The van der Waals surface area contributed by atoms with Gasteiger partial charge in [-0.2, -0.15) is 5.10 Å². The Kier molecular flexibility index (Phi) is 6.09. The molecule has 5 rings (SSSR count). The van der Waals surface area contributed by atoms with Crippen molar-refractivity contribution in [3.63, 3.8) is 0 Å². The molecular formula is C26H20ClFN4O4S. The van der Waals surface area contributed by atoms with Crippen LogP contribution < -0.4 is 11.1 Å². The number of nitrogens with one attached hydrogen (secondary N) is 1. The van der Waals surface area contributed by atoms with Crippen molar-refractivity contribution in [2.24, 2.45) is 5.73 Å². The van der Waals surface area contributed by atoms with E-state index in [0.717, 1.165) is 17.4 Å². The van der Waals surface area contributed by atoms with Crippen molar-refractivity contribution in [3.8, 4) is 16.9 Å². The van der Waals surface area contributed by atoms with E-state index in [1.807, 2.05) is 6.07 Å².